The van der Waals surface area contributed by atoms with Crippen LogP contribution in [0, 0.1) is 5.92 Å². The predicted octanol–water partition coefficient (Wildman–Crippen LogP) is 3.91. The van der Waals surface area contributed by atoms with Crippen LogP contribution in [0.3, 0.4) is 0 Å². The first-order valence-corrected chi connectivity index (χ1v) is 11.1. The van der Waals surface area contributed by atoms with Crippen LogP contribution < -0.4 is 10.6 Å². The summed E-state index contributed by atoms with van der Waals surface area (Å²) in [5.41, 5.74) is 0.989. The molecule has 1 fully saturated rings. The Hall–Kier alpha value is -2.21. The largest absolute Gasteiger partial charge is 0.352 e. The highest BCUT2D eigenvalue weighted by atomic mass is 32.1. The number of allylic oxidation sites excluding steroid dienone is 2. The molecule has 1 heterocycles. The van der Waals surface area contributed by atoms with E-state index in [1.807, 2.05) is 18.2 Å². The van der Waals surface area contributed by atoms with E-state index in [-0.39, 0.29) is 36.2 Å². The maximum Gasteiger partial charge on any atom is 0.239 e. The minimum Gasteiger partial charge on any atom is -0.352 e. The van der Waals surface area contributed by atoms with Crippen molar-refractivity contribution in [2.24, 2.45) is 5.92 Å². The van der Waals surface area contributed by atoms with Crippen LogP contribution in [0.2, 0.25) is 0 Å². The Balaban J connectivity index is 1.37. The van der Waals surface area contributed by atoms with Gasteiger partial charge >= 0.3 is 0 Å². The van der Waals surface area contributed by atoms with Crippen LogP contribution in [0.15, 0.2) is 36.4 Å². The van der Waals surface area contributed by atoms with Gasteiger partial charge in [0.2, 0.25) is 11.8 Å². The fourth-order valence-corrected chi connectivity index (χ4v) is 5.40. The molecule has 0 spiro atoms. The minimum absolute atomic E-state index is 0.0487. The topological polar surface area (TPSA) is 71.1 Å². The van der Waals surface area contributed by atoms with Gasteiger partial charge in [-0.1, -0.05) is 43.5 Å². The van der Waals surface area contributed by atoms with Crippen LogP contribution in [0.4, 0.5) is 0 Å². The zero-order chi connectivity index (χ0) is 19.3. The summed E-state index contributed by atoms with van der Waals surface area (Å²) in [7, 11) is 0. The fourth-order valence-electron chi connectivity index (χ4n) is 4.25. The molecule has 5 nitrogen and oxygen atoms in total. The summed E-state index contributed by atoms with van der Waals surface area (Å²) in [6.45, 7) is 0.0577. The van der Waals surface area contributed by atoms with Gasteiger partial charge in [0, 0.05) is 12.0 Å². The summed E-state index contributed by atoms with van der Waals surface area (Å²) in [5, 5.41) is 6.94. The number of nitrogens with zero attached hydrogens (tertiary/aromatic N) is 1. The molecule has 0 aliphatic heterocycles. The maximum atomic E-state index is 12.8. The SMILES string of the molecule is O=C(CNC(=O)C1CC=CCC1c1nc2ccccc2s1)NC1CCCCC1. The molecule has 2 N–H and O–H groups in total. The fraction of sp³-hybridized carbons (Fsp3) is 0.500. The quantitative estimate of drug-likeness (QED) is 0.752. The number of benzene rings is 1. The molecule has 2 aliphatic rings. The molecular formula is C22H27N3O2S. The van der Waals surface area contributed by atoms with Gasteiger partial charge in [0.25, 0.3) is 0 Å². The van der Waals surface area contributed by atoms with Crippen molar-refractivity contribution in [3.05, 3.63) is 41.4 Å². The van der Waals surface area contributed by atoms with E-state index in [1.165, 1.54) is 19.3 Å². The third kappa shape index (κ3) is 4.43. The Morgan fingerprint density at radius 1 is 1.07 bits per heavy atom. The first-order chi connectivity index (χ1) is 13.7. The summed E-state index contributed by atoms with van der Waals surface area (Å²) in [6.07, 6.45) is 11.4. The van der Waals surface area contributed by atoms with Crippen LogP contribution in [-0.4, -0.2) is 29.4 Å². The number of hydrogen-bond acceptors (Lipinski definition) is 4. The van der Waals surface area contributed by atoms with E-state index < -0.39 is 0 Å². The van der Waals surface area contributed by atoms with Gasteiger partial charge in [-0.05, 0) is 37.8 Å². The number of amides is 2. The highest BCUT2D eigenvalue weighted by molar-refractivity contribution is 7.18. The Bertz CT molecular complexity index is 837. The molecule has 2 amide bonds. The normalized spacial score (nSPS) is 22.9. The van der Waals surface area contributed by atoms with Crippen LogP contribution >= 0.6 is 11.3 Å². The van der Waals surface area contributed by atoms with Crippen LogP contribution in [0.1, 0.15) is 55.9 Å². The van der Waals surface area contributed by atoms with Gasteiger partial charge in [-0.15, -0.1) is 11.3 Å². The molecule has 28 heavy (non-hydrogen) atoms. The van der Waals surface area contributed by atoms with E-state index in [0.717, 1.165) is 34.5 Å². The molecule has 148 valence electrons. The van der Waals surface area contributed by atoms with Crippen molar-refractivity contribution in [3.8, 4) is 0 Å². The standard InChI is InChI=1S/C22H27N3O2S/c26-20(24-15-8-2-1-3-9-15)14-23-21(27)16-10-4-5-11-17(16)22-25-18-12-6-7-13-19(18)28-22/h4-7,12-13,15-17H,1-3,8-11,14H2,(H,23,27)(H,24,26). The first kappa shape index (κ1) is 19.1. The van der Waals surface area contributed by atoms with Crippen molar-refractivity contribution >= 4 is 33.4 Å². The minimum atomic E-state index is -0.173. The molecule has 2 aliphatic carbocycles. The van der Waals surface area contributed by atoms with Crippen LogP contribution in [0.25, 0.3) is 10.2 Å². The van der Waals surface area contributed by atoms with Crippen molar-refractivity contribution in [2.45, 2.75) is 56.9 Å². The lowest BCUT2D eigenvalue weighted by molar-refractivity contribution is -0.129. The lowest BCUT2D eigenvalue weighted by Crippen LogP contribution is -2.44. The molecule has 2 aromatic rings. The summed E-state index contributed by atoms with van der Waals surface area (Å²) in [5.74, 6) is -0.229. The van der Waals surface area contributed by atoms with Crippen molar-refractivity contribution in [1.82, 2.24) is 15.6 Å². The van der Waals surface area contributed by atoms with E-state index in [2.05, 4.69) is 28.9 Å². The number of carbonyl (C=O) groups is 2. The van der Waals surface area contributed by atoms with E-state index in [1.54, 1.807) is 11.3 Å². The molecule has 2 unspecified atom stereocenters. The second-order valence-corrected chi connectivity index (χ2v) is 8.86. The zero-order valence-corrected chi connectivity index (χ0v) is 16.8. The molecular weight excluding hydrogens is 370 g/mol. The average molecular weight is 398 g/mol. The third-order valence-electron chi connectivity index (χ3n) is 5.79. The Labute approximate surface area is 169 Å². The molecule has 0 bridgehead atoms. The smallest absolute Gasteiger partial charge is 0.239 e. The predicted molar refractivity (Wildman–Crippen MR) is 112 cm³/mol. The number of para-hydroxylation sites is 1. The molecule has 1 aromatic carbocycles. The zero-order valence-electron chi connectivity index (χ0n) is 16.0. The average Bonchev–Trinajstić information content (AvgIpc) is 3.17. The highest BCUT2D eigenvalue weighted by Gasteiger charge is 2.32. The van der Waals surface area contributed by atoms with Gasteiger partial charge in [-0.25, -0.2) is 4.98 Å². The number of thiazole rings is 1. The lowest BCUT2D eigenvalue weighted by Gasteiger charge is -2.26. The summed E-state index contributed by atoms with van der Waals surface area (Å²) >= 11 is 1.67. The van der Waals surface area contributed by atoms with Crippen molar-refractivity contribution in [2.75, 3.05) is 6.54 Å². The Morgan fingerprint density at radius 2 is 1.86 bits per heavy atom. The molecule has 1 aromatic heterocycles. The number of rotatable bonds is 5. The van der Waals surface area contributed by atoms with E-state index in [0.29, 0.717) is 6.42 Å². The van der Waals surface area contributed by atoms with Crippen molar-refractivity contribution in [1.29, 1.82) is 0 Å². The first-order valence-electron chi connectivity index (χ1n) is 10.3. The molecule has 2 atom stereocenters. The van der Waals surface area contributed by atoms with Gasteiger partial charge in [0.15, 0.2) is 0 Å². The highest BCUT2D eigenvalue weighted by Crippen LogP contribution is 2.38. The molecule has 4 rings (SSSR count). The summed E-state index contributed by atoms with van der Waals surface area (Å²) < 4.78 is 1.15. The Morgan fingerprint density at radius 3 is 2.68 bits per heavy atom. The third-order valence-corrected chi connectivity index (χ3v) is 6.96. The van der Waals surface area contributed by atoms with Crippen LogP contribution in [-0.2, 0) is 9.59 Å². The van der Waals surface area contributed by atoms with Crippen LogP contribution in [0.5, 0.6) is 0 Å². The monoisotopic (exact) mass is 397 g/mol. The van der Waals surface area contributed by atoms with Gasteiger partial charge in [0.05, 0.1) is 27.7 Å². The van der Waals surface area contributed by atoms with Crippen molar-refractivity contribution in [3.63, 3.8) is 0 Å². The molecule has 0 saturated heterocycles. The number of hydrogen-bond donors (Lipinski definition) is 2. The van der Waals surface area contributed by atoms with E-state index >= 15 is 0 Å². The van der Waals surface area contributed by atoms with Gasteiger partial charge in [-0.2, -0.15) is 0 Å². The van der Waals surface area contributed by atoms with Gasteiger partial charge in [0.1, 0.15) is 0 Å². The van der Waals surface area contributed by atoms with Crippen molar-refractivity contribution < 1.29 is 9.59 Å². The Kier molecular flexibility index (Phi) is 6.05. The number of carbonyl (C=O) groups excluding carboxylic acids is 2. The second kappa shape index (κ2) is 8.86. The number of aromatic nitrogens is 1. The maximum absolute atomic E-state index is 12.8. The van der Waals surface area contributed by atoms with Gasteiger partial charge < -0.3 is 10.6 Å². The summed E-state index contributed by atoms with van der Waals surface area (Å²) in [4.78, 5) is 29.8. The second-order valence-electron chi connectivity index (χ2n) is 7.80. The molecule has 0 radical (unpaired) electrons. The van der Waals surface area contributed by atoms with E-state index in [9.17, 15) is 9.59 Å². The summed E-state index contributed by atoms with van der Waals surface area (Å²) in [6, 6.07) is 8.35. The molecule has 1 saturated carbocycles. The lowest BCUT2D eigenvalue weighted by atomic mass is 9.82. The number of fused-ring (bicyclic) bond motifs is 1. The molecule has 6 heteroatoms. The number of nitrogens with one attached hydrogen (secondary N) is 2. The van der Waals surface area contributed by atoms with E-state index in [4.69, 9.17) is 4.98 Å². The van der Waals surface area contributed by atoms with Gasteiger partial charge in [-0.3, -0.25) is 9.59 Å².